The molecule has 2 aromatic rings. The summed E-state index contributed by atoms with van der Waals surface area (Å²) in [7, 11) is 0. The van der Waals surface area contributed by atoms with Gasteiger partial charge in [0.1, 0.15) is 22.7 Å². The van der Waals surface area contributed by atoms with E-state index in [4.69, 9.17) is 4.74 Å². The highest BCUT2D eigenvalue weighted by molar-refractivity contribution is 5.82. The second kappa shape index (κ2) is 4.30. The van der Waals surface area contributed by atoms with E-state index in [9.17, 15) is 0 Å². The Labute approximate surface area is 109 Å². The van der Waals surface area contributed by atoms with Gasteiger partial charge in [-0.1, -0.05) is 6.07 Å². The molecule has 3 heteroatoms. The van der Waals surface area contributed by atoms with Crippen molar-refractivity contribution in [2.24, 2.45) is 0 Å². The SMILES string of the molecule is Cc1nc2c(OC(C)(C)C)cccc2n1C(C)C. The lowest BCUT2D eigenvalue weighted by Crippen LogP contribution is -2.23. The first-order chi connectivity index (χ1) is 8.29. The van der Waals surface area contributed by atoms with Crippen molar-refractivity contribution < 1.29 is 4.74 Å². The van der Waals surface area contributed by atoms with Gasteiger partial charge in [-0.25, -0.2) is 4.98 Å². The van der Waals surface area contributed by atoms with Gasteiger partial charge in [0.05, 0.1) is 5.52 Å². The number of nitrogens with zero attached hydrogens (tertiary/aromatic N) is 2. The van der Waals surface area contributed by atoms with Gasteiger partial charge in [-0.3, -0.25) is 0 Å². The van der Waals surface area contributed by atoms with Crippen LogP contribution in [0.5, 0.6) is 5.75 Å². The fourth-order valence-electron chi connectivity index (χ4n) is 2.27. The van der Waals surface area contributed by atoms with Crippen molar-refractivity contribution in [3.05, 3.63) is 24.0 Å². The molecule has 0 spiro atoms. The summed E-state index contributed by atoms with van der Waals surface area (Å²) in [6, 6.07) is 6.53. The minimum Gasteiger partial charge on any atom is -0.486 e. The first-order valence-electron chi connectivity index (χ1n) is 6.46. The Kier molecular flexibility index (Phi) is 3.09. The predicted molar refractivity (Wildman–Crippen MR) is 75.2 cm³/mol. The van der Waals surface area contributed by atoms with E-state index in [0.717, 1.165) is 22.6 Å². The lowest BCUT2D eigenvalue weighted by molar-refractivity contribution is 0.133. The van der Waals surface area contributed by atoms with E-state index in [1.807, 2.05) is 19.1 Å². The van der Waals surface area contributed by atoms with Crippen LogP contribution in [0, 0.1) is 6.92 Å². The monoisotopic (exact) mass is 246 g/mol. The summed E-state index contributed by atoms with van der Waals surface area (Å²) in [4.78, 5) is 4.66. The van der Waals surface area contributed by atoms with E-state index in [0.29, 0.717) is 6.04 Å². The number of rotatable bonds is 2. The Bertz CT molecular complexity index is 562. The average molecular weight is 246 g/mol. The molecule has 1 heterocycles. The lowest BCUT2D eigenvalue weighted by atomic mass is 10.2. The molecule has 0 bridgehead atoms. The molecule has 0 saturated heterocycles. The largest absolute Gasteiger partial charge is 0.486 e. The number of hydrogen-bond donors (Lipinski definition) is 0. The van der Waals surface area contributed by atoms with Crippen molar-refractivity contribution in [2.45, 2.75) is 53.2 Å². The lowest BCUT2D eigenvalue weighted by Gasteiger charge is -2.21. The molecule has 18 heavy (non-hydrogen) atoms. The second-order valence-corrected chi connectivity index (χ2v) is 5.96. The molecule has 0 atom stereocenters. The van der Waals surface area contributed by atoms with Gasteiger partial charge in [-0.15, -0.1) is 0 Å². The molecular weight excluding hydrogens is 224 g/mol. The Morgan fingerprint density at radius 1 is 1.22 bits per heavy atom. The number of ether oxygens (including phenoxy) is 1. The fraction of sp³-hybridized carbons (Fsp3) is 0.533. The van der Waals surface area contributed by atoms with E-state index < -0.39 is 0 Å². The summed E-state index contributed by atoms with van der Waals surface area (Å²) >= 11 is 0. The highest BCUT2D eigenvalue weighted by atomic mass is 16.5. The van der Waals surface area contributed by atoms with Gasteiger partial charge in [-0.2, -0.15) is 0 Å². The normalized spacial score (nSPS) is 12.4. The third-order valence-corrected chi connectivity index (χ3v) is 2.79. The number of hydrogen-bond acceptors (Lipinski definition) is 2. The number of fused-ring (bicyclic) bond motifs is 1. The Hall–Kier alpha value is -1.51. The maximum atomic E-state index is 5.99. The third-order valence-electron chi connectivity index (χ3n) is 2.79. The Morgan fingerprint density at radius 3 is 2.44 bits per heavy atom. The topological polar surface area (TPSA) is 27.1 Å². The molecule has 1 aromatic carbocycles. The molecule has 0 unspecified atom stereocenters. The number of benzene rings is 1. The fourth-order valence-corrected chi connectivity index (χ4v) is 2.27. The van der Waals surface area contributed by atoms with Crippen molar-refractivity contribution >= 4 is 11.0 Å². The van der Waals surface area contributed by atoms with E-state index in [1.54, 1.807) is 0 Å². The molecule has 1 aromatic heterocycles. The highest BCUT2D eigenvalue weighted by Gasteiger charge is 2.17. The van der Waals surface area contributed by atoms with Gasteiger partial charge < -0.3 is 9.30 Å². The van der Waals surface area contributed by atoms with Crippen LogP contribution in [0.1, 0.15) is 46.5 Å². The van der Waals surface area contributed by atoms with Crippen molar-refractivity contribution in [1.82, 2.24) is 9.55 Å². The van der Waals surface area contributed by atoms with Crippen LogP contribution in [0.3, 0.4) is 0 Å². The van der Waals surface area contributed by atoms with Gasteiger partial charge in [0.2, 0.25) is 0 Å². The summed E-state index contributed by atoms with van der Waals surface area (Å²) in [5, 5.41) is 0. The highest BCUT2D eigenvalue weighted by Crippen LogP contribution is 2.30. The molecule has 2 rings (SSSR count). The molecule has 0 radical (unpaired) electrons. The first kappa shape index (κ1) is 12.9. The predicted octanol–water partition coefficient (Wildman–Crippen LogP) is 4.10. The molecule has 3 nitrogen and oxygen atoms in total. The van der Waals surface area contributed by atoms with Gasteiger partial charge in [0, 0.05) is 6.04 Å². The standard InChI is InChI=1S/C15H22N2O/c1-10(2)17-11(3)16-14-12(17)8-7-9-13(14)18-15(4,5)6/h7-10H,1-6H3. The van der Waals surface area contributed by atoms with Gasteiger partial charge in [0.15, 0.2) is 0 Å². The van der Waals surface area contributed by atoms with Gasteiger partial charge >= 0.3 is 0 Å². The number of aromatic nitrogens is 2. The minimum absolute atomic E-state index is 0.205. The third kappa shape index (κ3) is 2.35. The Balaban J connectivity index is 2.61. The van der Waals surface area contributed by atoms with Gasteiger partial charge in [0.25, 0.3) is 0 Å². The van der Waals surface area contributed by atoms with Crippen LogP contribution < -0.4 is 4.74 Å². The smallest absolute Gasteiger partial charge is 0.147 e. The van der Waals surface area contributed by atoms with E-state index >= 15 is 0 Å². The molecule has 0 N–H and O–H groups in total. The molecule has 0 aliphatic carbocycles. The van der Waals surface area contributed by atoms with E-state index in [-0.39, 0.29) is 5.60 Å². The summed E-state index contributed by atoms with van der Waals surface area (Å²) in [5.41, 5.74) is 1.90. The van der Waals surface area contributed by atoms with Crippen LogP contribution in [-0.2, 0) is 0 Å². The molecule has 98 valence electrons. The zero-order chi connectivity index (χ0) is 13.5. The Morgan fingerprint density at radius 2 is 1.89 bits per heavy atom. The maximum absolute atomic E-state index is 5.99. The number of imidazole rings is 1. The first-order valence-corrected chi connectivity index (χ1v) is 6.46. The average Bonchev–Trinajstić information content (AvgIpc) is 2.53. The number of aryl methyl sites for hydroxylation is 1. The van der Waals surface area contributed by atoms with Crippen LogP contribution in [0.25, 0.3) is 11.0 Å². The molecule has 0 aliphatic rings. The van der Waals surface area contributed by atoms with Crippen molar-refractivity contribution in [1.29, 1.82) is 0 Å². The minimum atomic E-state index is -0.205. The molecule has 0 saturated carbocycles. The summed E-state index contributed by atoms with van der Waals surface area (Å²) < 4.78 is 8.23. The molecular formula is C15H22N2O. The van der Waals surface area contributed by atoms with Crippen LogP contribution in [0.2, 0.25) is 0 Å². The van der Waals surface area contributed by atoms with Crippen LogP contribution in [0.4, 0.5) is 0 Å². The summed E-state index contributed by atoms with van der Waals surface area (Å²) in [5.74, 6) is 1.90. The number of para-hydroxylation sites is 1. The molecule has 0 amide bonds. The van der Waals surface area contributed by atoms with Crippen molar-refractivity contribution in [2.75, 3.05) is 0 Å². The van der Waals surface area contributed by atoms with Crippen molar-refractivity contribution in [3.8, 4) is 5.75 Å². The zero-order valence-electron chi connectivity index (χ0n) is 12.1. The maximum Gasteiger partial charge on any atom is 0.147 e. The second-order valence-electron chi connectivity index (χ2n) is 5.96. The zero-order valence-corrected chi connectivity index (χ0v) is 12.1. The molecule has 0 fully saturated rings. The summed E-state index contributed by atoms with van der Waals surface area (Å²) in [6.07, 6.45) is 0. The van der Waals surface area contributed by atoms with Crippen LogP contribution in [0.15, 0.2) is 18.2 Å². The van der Waals surface area contributed by atoms with Crippen LogP contribution in [-0.4, -0.2) is 15.2 Å². The van der Waals surface area contributed by atoms with Crippen LogP contribution >= 0.6 is 0 Å². The van der Waals surface area contributed by atoms with E-state index in [1.165, 1.54) is 0 Å². The summed E-state index contributed by atoms with van der Waals surface area (Å²) in [6.45, 7) is 12.5. The van der Waals surface area contributed by atoms with Gasteiger partial charge in [-0.05, 0) is 53.7 Å². The quantitative estimate of drug-likeness (QED) is 0.797. The van der Waals surface area contributed by atoms with E-state index in [2.05, 4.69) is 50.2 Å². The molecule has 0 aliphatic heterocycles. The van der Waals surface area contributed by atoms with Crippen molar-refractivity contribution in [3.63, 3.8) is 0 Å².